The number of ether oxygens (including phenoxy) is 1. The molecule has 0 fully saturated rings. The van der Waals surface area contributed by atoms with Crippen molar-refractivity contribution in [1.29, 1.82) is 0 Å². The van der Waals surface area contributed by atoms with Gasteiger partial charge < -0.3 is 15.5 Å². The lowest BCUT2D eigenvalue weighted by molar-refractivity contribution is 0.0517. The Morgan fingerprint density at radius 2 is 2.16 bits per heavy atom. The Kier molecular flexibility index (Phi) is 3.87. The van der Waals surface area contributed by atoms with Crippen LogP contribution in [0.25, 0.3) is 10.9 Å². The molecule has 0 saturated heterocycles. The molecule has 0 spiro atoms. The van der Waals surface area contributed by atoms with E-state index in [1.807, 2.05) is 0 Å². The number of carbonyl (C=O) groups is 2. The van der Waals surface area contributed by atoms with Gasteiger partial charge in [-0.3, -0.25) is 4.79 Å². The molecule has 0 aliphatic heterocycles. The molecule has 0 aliphatic carbocycles. The van der Waals surface area contributed by atoms with E-state index in [0.29, 0.717) is 15.9 Å². The fourth-order valence-electron chi connectivity index (χ4n) is 1.92. The Hall–Kier alpha value is -1.85. The summed E-state index contributed by atoms with van der Waals surface area (Å²) in [7, 11) is 0. The Morgan fingerprint density at radius 3 is 2.79 bits per heavy atom. The largest absolute Gasteiger partial charge is 0.461 e. The Bertz CT molecular complexity index is 649. The number of aromatic amines is 1. The molecule has 0 radical (unpaired) electrons. The van der Waals surface area contributed by atoms with Gasteiger partial charge >= 0.3 is 5.97 Å². The van der Waals surface area contributed by atoms with Crippen molar-refractivity contribution in [2.75, 3.05) is 13.2 Å². The zero-order valence-corrected chi connectivity index (χ0v) is 11.1. The predicted octanol–water partition coefficient (Wildman–Crippen LogP) is 2.14. The van der Waals surface area contributed by atoms with Crippen LogP contribution in [0.15, 0.2) is 18.2 Å². The molecule has 0 aliphatic rings. The molecule has 100 valence electrons. The Balaban J connectivity index is 2.67. The van der Waals surface area contributed by atoms with Gasteiger partial charge in [0, 0.05) is 15.9 Å². The molecule has 6 heteroatoms. The number of nitrogens with two attached hydrogens (primary N) is 1. The zero-order valence-electron chi connectivity index (χ0n) is 10.3. The number of rotatable bonds is 4. The predicted molar refractivity (Wildman–Crippen MR) is 72.7 cm³/mol. The van der Waals surface area contributed by atoms with E-state index in [4.69, 9.17) is 22.1 Å². The van der Waals surface area contributed by atoms with Gasteiger partial charge in [-0.15, -0.1) is 0 Å². The smallest absolute Gasteiger partial charge is 0.355 e. The minimum absolute atomic E-state index is 0.120. The standard InChI is InChI=1S/C13H13ClN2O3/c1-2-19-13(18)12-11(10(17)6-15)8-4-3-7(14)5-9(8)16-12/h3-5,16H,2,6,15H2,1H3. The quantitative estimate of drug-likeness (QED) is 0.664. The molecule has 0 bridgehead atoms. The summed E-state index contributed by atoms with van der Waals surface area (Å²) in [6.45, 7) is 1.75. The molecule has 1 heterocycles. The first-order chi connectivity index (χ1) is 9.08. The van der Waals surface area contributed by atoms with Crippen molar-refractivity contribution in [1.82, 2.24) is 4.98 Å². The summed E-state index contributed by atoms with van der Waals surface area (Å²) in [5, 5.41) is 1.12. The average molecular weight is 281 g/mol. The lowest BCUT2D eigenvalue weighted by Crippen LogP contribution is -2.17. The average Bonchev–Trinajstić information content (AvgIpc) is 2.76. The lowest BCUT2D eigenvalue weighted by Gasteiger charge is -2.02. The van der Waals surface area contributed by atoms with Gasteiger partial charge in [-0.25, -0.2) is 4.79 Å². The highest BCUT2D eigenvalue weighted by atomic mass is 35.5. The van der Waals surface area contributed by atoms with E-state index in [9.17, 15) is 9.59 Å². The van der Waals surface area contributed by atoms with E-state index < -0.39 is 5.97 Å². The van der Waals surface area contributed by atoms with Crippen LogP contribution in [0.3, 0.4) is 0 Å². The molecule has 0 unspecified atom stereocenters. The second-order valence-corrected chi connectivity index (χ2v) is 4.35. The fourth-order valence-corrected chi connectivity index (χ4v) is 2.09. The zero-order chi connectivity index (χ0) is 14.0. The molecule has 1 aromatic heterocycles. The first-order valence-corrected chi connectivity index (χ1v) is 6.17. The molecular formula is C13H13ClN2O3. The van der Waals surface area contributed by atoms with E-state index >= 15 is 0 Å². The molecule has 2 aromatic rings. The maximum absolute atomic E-state index is 11.9. The summed E-state index contributed by atoms with van der Waals surface area (Å²) in [6, 6.07) is 4.98. The summed E-state index contributed by atoms with van der Waals surface area (Å²) < 4.78 is 4.93. The highest BCUT2D eigenvalue weighted by Crippen LogP contribution is 2.26. The van der Waals surface area contributed by atoms with Crippen molar-refractivity contribution in [3.8, 4) is 0 Å². The van der Waals surface area contributed by atoms with E-state index in [2.05, 4.69) is 4.98 Å². The number of hydrogen-bond donors (Lipinski definition) is 2. The van der Waals surface area contributed by atoms with Crippen LogP contribution in [0, 0.1) is 0 Å². The van der Waals surface area contributed by atoms with Crippen molar-refractivity contribution >= 4 is 34.3 Å². The maximum Gasteiger partial charge on any atom is 0.355 e. The molecular weight excluding hydrogens is 268 g/mol. The summed E-state index contributed by atoms with van der Waals surface area (Å²) in [5.41, 5.74) is 6.37. The van der Waals surface area contributed by atoms with Crippen LogP contribution in [-0.4, -0.2) is 29.9 Å². The third-order valence-electron chi connectivity index (χ3n) is 2.70. The number of ketones is 1. The van der Waals surface area contributed by atoms with E-state index in [1.165, 1.54) is 0 Å². The van der Waals surface area contributed by atoms with Gasteiger partial charge in [0.2, 0.25) is 0 Å². The van der Waals surface area contributed by atoms with Crippen LogP contribution >= 0.6 is 11.6 Å². The number of fused-ring (bicyclic) bond motifs is 1. The minimum atomic E-state index is -0.577. The number of halogens is 1. The van der Waals surface area contributed by atoms with Crippen molar-refractivity contribution in [2.24, 2.45) is 5.73 Å². The Morgan fingerprint density at radius 1 is 1.42 bits per heavy atom. The van der Waals surface area contributed by atoms with Gasteiger partial charge in [0.15, 0.2) is 5.78 Å². The van der Waals surface area contributed by atoms with Crippen LogP contribution in [0.1, 0.15) is 27.8 Å². The van der Waals surface area contributed by atoms with E-state index in [0.717, 1.165) is 0 Å². The SMILES string of the molecule is CCOC(=O)c1[nH]c2cc(Cl)ccc2c1C(=O)CN. The number of aromatic nitrogens is 1. The molecule has 1 aromatic carbocycles. The van der Waals surface area contributed by atoms with Crippen molar-refractivity contribution < 1.29 is 14.3 Å². The van der Waals surface area contributed by atoms with Gasteiger partial charge in [-0.05, 0) is 19.1 Å². The van der Waals surface area contributed by atoms with Gasteiger partial charge in [-0.2, -0.15) is 0 Å². The number of Topliss-reactive ketones (excluding diaryl/α,β-unsaturated/α-hetero) is 1. The molecule has 5 nitrogen and oxygen atoms in total. The van der Waals surface area contributed by atoms with Crippen LogP contribution in [0.4, 0.5) is 0 Å². The van der Waals surface area contributed by atoms with Gasteiger partial charge in [-0.1, -0.05) is 17.7 Å². The van der Waals surface area contributed by atoms with Crippen LogP contribution < -0.4 is 5.73 Å². The highest BCUT2D eigenvalue weighted by Gasteiger charge is 2.23. The number of hydrogen-bond acceptors (Lipinski definition) is 4. The summed E-state index contributed by atoms with van der Waals surface area (Å²) in [5.74, 6) is -0.900. The van der Waals surface area contributed by atoms with Gasteiger partial charge in [0.25, 0.3) is 0 Å². The third kappa shape index (κ3) is 2.47. The monoisotopic (exact) mass is 280 g/mol. The third-order valence-corrected chi connectivity index (χ3v) is 2.94. The maximum atomic E-state index is 11.9. The number of esters is 1. The first kappa shape index (κ1) is 13.6. The fraction of sp³-hybridized carbons (Fsp3) is 0.231. The second-order valence-electron chi connectivity index (χ2n) is 3.91. The van der Waals surface area contributed by atoms with Crippen molar-refractivity contribution in [3.05, 3.63) is 34.5 Å². The number of H-pyrrole nitrogens is 1. The molecule has 2 rings (SSSR count). The molecule has 0 amide bonds. The Labute approximate surface area is 114 Å². The van der Waals surface area contributed by atoms with Crippen molar-refractivity contribution in [2.45, 2.75) is 6.92 Å². The molecule has 19 heavy (non-hydrogen) atoms. The number of benzene rings is 1. The van der Waals surface area contributed by atoms with E-state index in [-0.39, 0.29) is 30.2 Å². The second kappa shape index (κ2) is 5.42. The molecule has 0 atom stereocenters. The molecule has 3 N–H and O–H groups in total. The van der Waals surface area contributed by atoms with Crippen LogP contribution in [-0.2, 0) is 4.74 Å². The summed E-state index contributed by atoms with van der Waals surface area (Å²) >= 11 is 5.89. The van der Waals surface area contributed by atoms with Crippen molar-refractivity contribution in [3.63, 3.8) is 0 Å². The van der Waals surface area contributed by atoms with Crippen LogP contribution in [0.2, 0.25) is 5.02 Å². The normalized spacial score (nSPS) is 10.7. The first-order valence-electron chi connectivity index (χ1n) is 5.80. The van der Waals surface area contributed by atoms with Gasteiger partial charge in [0.05, 0.1) is 18.7 Å². The highest BCUT2D eigenvalue weighted by molar-refractivity contribution is 6.31. The van der Waals surface area contributed by atoms with Gasteiger partial charge in [0.1, 0.15) is 5.69 Å². The van der Waals surface area contributed by atoms with E-state index in [1.54, 1.807) is 25.1 Å². The molecule has 0 saturated carbocycles. The summed E-state index contributed by atoms with van der Waals surface area (Å²) in [6.07, 6.45) is 0. The minimum Gasteiger partial charge on any atom is -0.461 e. The summed E-state index contributed by atoms with van der Waals surface area (Å²) in [4.78, 5) is 26.6. The van der Waals surface area contributed by atoms with Crippen LogP contribution in [0.5, 0.6) is 0 Å². The lowest BCUT2D eigenvalue weighted by atomic mass is 10.1. The number of carbonyl (C=O) groups excluding carboxylic acids is 2. The number of nitrogens with one attached hydrogen (secondary N) is 1. The topological polar surface area (TPSA) is 85.2 Å².